The zero-order valence-corrected chi connectivity index (χ0v) is 7.88. The minimum Gasteiger partial charge on any atom is -0.329 e. The van der Waals surface area contributed by atoms with Gasteiger partial charge in [0.05, 0.1) is 0 Å². The number of nitrogens with zero attached hydrogens (tertiary/aromatic N) is 1. The van der Waals surface area contributed by atoms with Gasteiger partial charge in [-0.25, -0.2) is 0 Å². The Labute approximate surface area is 69.8 Å². The van der Waals surface area contributed by atoms with Crippen molar-refractivity contribution in [1.82, 2.24) is 4.90 Å². The lowest BCUT2D eigenvalue weighted by molar-refractivity contribution is 0.243. The number of likely N-dealkylation sites (N-methyl/N-ethyl adjacent to an activating group) is 1. The summed E-state index contributed by atoms with van der Waals surface area (Å²) in [6.07, 6.45) is 1.33. The lowest BCUT2D eigenvalue weighted by Gasteiger charge is -2.25. The van der Waals surface area contributed by atoms with E-state index < -0.39 is 0 Å². The molecule has 1 fully saturated rings. The van der Waals surface area contributed by atoms with Crippen molar-refractivity contribution in [2.24, 2.45) is 17.6 Å². The molecule has 2 nitrogen and oxygen atoms in total. The molecular weight excluding hydrogens is 136 g/mol. The van der Waals surface area contributed by atoms with Crippen LogP contribution in [0, 0.1) is 11.8 Å². The number of hydrogen-bond acceptors (Lipinski definition) is 2. The maximum absolute atomic E-state index is 5.71. The highest BCUT2D eigenvalue weighted by Gasteiger charge is 2.32. The highest BCUT2D eigenvalue weighted by molar-refractivity contribution is 4.87. The first kappa shape index (κ1) is 9.01. The zero-order valence-electron chi connectivity index (χ0n) is 7.88. The van der Waals surface area contributed by atoms with Crippen LogP contribution in [0.3, 0.4) is 0 Å². The summed E-state index contributed by atoms with van der Waals surface area (Å²) in [6, 6.07) is 0.634. The molecule has 0 aromatic heterocycles. The fraction of sp³-hybridized carbons (Fsp3) is 1.00. The number of likely N-dealkylation sites (tertiary alicyclic amines) is 1. The van der Waals surface area contributed by atoms with Crippen LogP contribution in [0.4, 0.5) is 0 Å². The molecule has 1 heterocycles. The van der Waals surface area contributed by atoms with E-state index >= 15 is 0 Å². The molecule has 0 unspecified atom stereocenters. The van der Waals surface area contributed by atoms with Gasteiger partial charge in [0.25, 0.3) is 0 Å². The van der Waals surface area contributed by atoms with Gasteiger partial charge in [-0.2, -0.15) is 0 Å². The van der Waals surface area contributed by atoms with Gasteiger partial charge in [0.1, 0.15) is 0 Å². The molecule has 0 bridgehead atoms. The van der Waals surface area contributed by atoms with Gasteiger partial charge in [0.2, 0.25) is 0 Å². The van der Waals surface area contributed by atoms with E-state index in [9.17, 15) is 0 Å². The van der Waals surface area contributed by atoms with Crippen LogP contribution in [0.5, 0.6) is 0 Å². The molecule has 0 saturated carbocycles. The monoisotopic (exact) mass is 156 g/mol. The summed E-state index contributed by atoms with van der Waals surface area (Å²) in [5, 5.41) is 0. The van der Waals surface area contributed by atoms with Crippen LogP contribution in [-0.4, -0.2) is 31.1 Å². The average Bonchev–Trinajstić information content (AvgIpc) is 2.30. The van der Waals surface area contributed by atoms with Crippen molar-refractivity contribution >= 4 is 0 Å². The molecule has 1 aliphatic rings. The zero-order chi connectivity index (χ0) is 8.43. The van der Waals surface area contributed by atoms with Gasteiger partial charge in [-0.15, -0.1) is 0 Å². The van der Waals surface area contributed by atoms with Crippen LogP contribution < -0.4 is 5.73 Å². The molecule has 1 aliphatic heterocycles. The van der Waals surface area contributed by atoms with Crippen LogP contribution in [0.15, 0.2) is 0 Å². The molecule has 0 aromatic rings. The third-order valence-corrected chi connectivity index (χ3v) is 2.97. The summed E-state index contributed by atoms with van der Waals surface area (Å²) in [4.78, 5) is 2.39. The molecule has 66 valence electrons. The number of nitrogens with two attached hydrogens (primary N) is 1. The largest absolute Gasteiger partial charge is 0.329 e. The Morgan fingerprint density at radius 1 is 1.55 bits per heavy atom. The van der Waals surface area contributed by atoms with Crippen LogP contribution in [0.2, 0.25) is 0 Å². The van der Waals surface area contributed by atoms with Crippen molar-refractivity contribution in [3.63, 3.8) is 0 Å². The Morgan fingerprint density at radius 3 is 2.55 bits per heavy atom. The molecule has 2 heteroatoms. The lowest BCUT2D eigenvalue weighted by Crippen LogP contribution is -2.38. The van der Waals surface area contributed by atoms with Gasteiger partial charge in [0.15, 0.2) is 0 Å². The van der Waals surface area contributed by atoms with E-state index in [0.717, 1.165) is 18.4 Å². The van der Waals surface area contributed by atoms with E-state index in [4.69, 9.17) is 5.73 Å². The minimum absolute atomic E-state index is 0.634. The molecule has 1 rings (SSSR count). The van der Waals surface area contributed by atoms with Gasteiger partial charge in [-0.3, -0.25) is 0 Å². The van der Waals surface area contributed by atoms with Crippen molar-refractivity contribution < 1.29 is 0 Å². The Balaban J connectivity index is 2.54. The van der Waals surface area contributed by atoms with E-state index in [1.807, 2.05) is 0 Å². The summed E-state index contributed by atoms with van der Waals surface area (Å²) in [5.74, 6) is 1.61. The smallest absolute Gasteiger partial charge is 0.0246 e. The van der Waals surface area contributed by atoms with Gasteiger partial charge >= 0.3 is 0 Å². The molecule has 0 aromatic carbocycles. The normalized spacial score (nSPS) is 33.5. The third kappa shape index (κ3) is 1.74. The molecule has 0 spiro atoms. The average molecular weight is 156 g/mol. The second-order valence-corrected chi connectivity index (χ2v) is 3.98. The summed E-state index contributed by atoms with van der Waals surface area (Å²) in [5.41, 5.74) is 5.71. The Kier molecular flexibility index (Phi) is 2.90. The predicted octanol–water partition coefficient (Wildman–Crippen LogP) is 0.921. The quantitative estimate of drug-likeness (QED) is 0.644. The van der Waals surface area contributed by atoms with Crippen LogP contribution in [0.25, 0.3) is 0 Å². The highest BCUT2D eigenvalue weighted by Crippen LogP contribution is 2.28. The number of rotatable bonds is 2. The summed E-state index contributed by atoms with van der Waals surface area (Å²) in [7, 11) is 2.18. The summed E-state index contributed by atoms with van der Waals surface area (Å²) >= 11 is 0. The molecule has 11 heavy (non-hydrogen) atoms. The first-order valence-corrected chi connectivity index (χ1v) is 4.57. The second kappa shape index (κ2) is 3.55. The molecule has 1 saturated heterocycles. The van der Waals surface area contributed by atoms with Gasteiger partial charge in [-0.05, 0) is 31.8 Å². The Bertz CT molecular complexity index is 123. The van der Waals surface area contributed by atoms with Crippen molar-refractivity contribution in [3.8, 4) is 0 Å². The first-order chi connectivity index (χ1) is 5.16. The Morgan fingerprint density at radius 2 is 2.18 bits per heavy atom. The summed E-state index contributed by atoms with van der Waals surface area (Å²) in [6.45, 7) is 6.64. The van der Waals surface area contributed by atoms with Crippen LogP contribution >= 0.6 is 0 Å². The van der Waals surface area contributed by atoms with Crippen molar-refractivity contribution in [3.05, 3.63) is 0 Å². The third-order valence-electron chi connectivity index (χ3n) is 2.97. The van der Waals surface area contributed by atoms with Crippen LogP contribution in [-0.2, 0) is 0 Å². The SMILES string of the molecule is CC(C)[C@H]1CCN(C)[C@@H]1CN. The molecule has 0 aliphatic carbocycles. The first-order valence-electron chi connectivity index (χ1n) is 4.57. The maximum atomic E-state index is 5.71. The van der Waals surface area contributed by atoms with Gasteiger partial charge in [-0.1, -0.05) is 13.8 Å². The minimum atomic E-state index is 0.634. The second-order valence-electron chi connectivity index (χ2n) is 3.98. The van der Waals surface area contributed by atoms with Gasteiger partial charge < -0.3 is 10.6 Å². The lowest BCUT2D eigenvalue weighted by atomic mass is 9.89. The van der Waals surface area contributed by atoms with E-state index in [0.29, 0.717) is 6.04 Å². The van der Waals surface area contributed by atoms with E-state index in [1.54, 1.807) is 0 Å². The topological polar surface area (TPSA) is 29.3 Å². The van der Waals surface area contributed by atoms with E-state index in [2.05, 4.69) is 25.8 Å². The Hall–Kier alpha value is -0.0800. The van der Waals surface area contributed by atoms with E-state index in [1.165, 1.54) is 13.0 Å². The maximum Gasteiger partial charge on any atom is 0.0246 e. The fourth-order valence-electron chi connectivity index (χ4n) is 2.17. The molecule has 0 amide bonds. The molecule has 2 atom stereocenters. The van der Waals surface area contributed by atoms with Crippen molar-refractivity contribution in [2.75, 3.05) is 20.1 Å². The molecular formula is C9H20N2. The predicted molar refractivity (Wildman–Crippen MR) is 48.4 cm³/mol. The number of hydrogen-bond donors (Lipinski definition) is 1. The van der Waals surface area contributed by atoms with Gasteiger partial charge in [0, 0.05) is 12.6 Å². The molecule has 0 radical (unpaired) electrons. The fourth-order valence-corrected chi connectivity index (χ4v) is 2.17. The van der Waals surface area contributed by atoms with Crippen LogP contribution in [0.1, 0.15) is 20.3 Å². The summed E-state index contributed by atoms with van der Waals surface area (Å²) < 4.78 is 0. The van der Waals surface area contributed by atoms with Crippen molar-refractivity contribution in [1.29, 1.82) is 0 Å². The standard InChI is InChI=1S/C9H20N2/c1-7(2)8-4-5-11(3)9(8)6-10/h7-9H,4-6,10H2,1-3H3/t8-,9-/m1/s1. The highest BCUT2D eigenvalue weighted by atomic mass is 15.2. The van der Waals surface area contributed by atoms with Crippen molar-refractivity contribution in [2.45, 2.75) is 26.3 Å². The van der Waals surface area contributed by atoms with E-state index in [-0.39, 0.29) is 0 Å². The molecule has 2 N–H and O–H groups in total.